The van der Waals surface area contributed by atoms with Gasteiger partial charge >= 0.3 is 5.97 Å². The average molecular weight is 365 g/mol. The highest BCUT2D eigenvalue weighted by molar-refractivity contribution is 7.90. The molecule has 0 heterocycles. The predicted octanol–water partition coefficient (Wildman–Crippen LogP) is 3.24. The van der Waals surface area contributed by atoms with Gasteiger partial charge in [-0.15, -0.1) is 4.72 Å². The number of rotatable bonds is 7. The quantitative estimate of drug-likeness (QED) is 0.728. The second-order valence-corrected chi connectivity index (χ2v) is 8.64. The van der Waals surface area contributed by atoms with Crippen LogP contribution in [0.5, 0.6) is 0 Å². The van der Waals surface area contributed by atoms with Crippen LogP contribution in [0.25, 0.3) is 0 Å². The van der Waals surface area contributed by atoms with Gasteiger partial charge in [0.1, 0.15) is 22.3 Å². The van der Waals surface area contributed by atoms with E-state index in [-0.39, 0.29) is 5.56 Å². The van der Waals surface area contributed by atoms with Crippen LogP contribution in [-0.2, 0) is 21.7 Å². The summed E-state index contributed by atoms with van der Waals surface area (Å²) < 4.78 is 56.6. The Kier molecular flexibility index (Phi) is 6.72. The Labute approximate surface area is 142 Å². The highest BCUT2D eigenvalue weighted by Crippen LogP contribution is 2.34. The fourth-order valence-corrected chi connectivity index (χ4v) is 2.96. The molecule has 0 fully saturated rings. The lowest BCUT2D eigenvalue weighted by Gasteiger charge is -2.37. The first-order chi connectivity index (χ1) is 10.9. The molecule has 8 heteroatoms. The number of benzene rings is 1. The molecule has 0 spiro atoms. The average Bonchev–Trinajstić information content (AvgIpc) is 2.46. The summed E-state index contributed by atoms with van der Waals surface area (Å²) in [7, 11) is 0. The first-order valence-electron chi connectivity index (χ1n) is 7.35. The van der Waals surface area contributed by atoms with Crippen molar-refractivity contribution >= 4 is 17.3 Å². The first kappa shape index (κ1) is 20.8. The molecule has 24 heavy (non-hydrogen) atoms. The van der Waals surface area contributed by atoms with Crippen molar-refractivity contribution in [1.29, 1.82) is 0 Å². The molecule has 0 aliphatic heterocycles. The summed E-state index contributed by atoms with van der Waals surface area (Å²) >= 11 is -1.79. The molecule has 2 N–H and O–H groups in total. The maximum Gasteiger partial charge on any atom is 0.338 e. The zero-order valence-corrected chi connectivity index (χ0v) is 14.8. The number of hydrogen-bond donors (Lipinski definition) is 2. The van der Waals surface area contributed by atoms with Gasteiger partial charge < -0.3 is 9.66 Å². The van der Waals surface area contributed by atoms with Crippen molar-refractivity contribution in [3.05, 3.63) is 35.6 Å². The standard InChI is InChI=1S/C16H22F3NO3S/c1-15(2,3)24(23)20-16(4,10-7-5-6-8-11(10)17)13(19)9-12(18)14(21)22/h5-8,12-13,20H,9H2,1-4H3,(H,21,22)/t12-,13+,16-,24-/m1/s1. The Morgan fingerprint density at radius 1 is 1.29 bits per heavy atom. The Balaban J connectivity index is 3.25. The van der Waals surface area contributed by atoms with E-state index in [1.807, 2.05) is 0 Å². The molecule has 1 rings (SSSR count). The summed E-state index contributed by atoms with van der Waals surface area (Å²) in [6, 6.07) is 5.27. The lowest BCUT2D eigenvalue weighted by atomic mass is 9.85. The summed E-state index contributed by atoms with van der Waals surface area (Å²) in [5.74, 6) is -2.56. The normalized spacial score (nSPS) is 18.5. The van der Waals surface area contributed by atoms with Crippen LogP contribution in [0.1, 0.15) is 39.7 Å². The molecule has 0 aliphatic rings. The fraction of sp³-hybridized carbons (Fsp3) is 0.562. The monoisotopic (exact) mass is 365 g/mol. The Morgan fingerprint density at radius 2 is 1.83 bits per heavy atom. The second-order valence-electron chi connectivity index (χ2n) is 6.67. The molecule has 0 saturated carbocycles. The molecule has 0 radical (unpaired) electrons. The highest BCUT2D eigenvalue weighted by atomic mass is 32.2. The minimum Gasteiger partial charge on any atom is -0.598 e. The largest absolute Gasteiger partial charge is 0.598 e. The third-order valence-corrected chi connectivity index (χ3v) is 5.32. The maximum atomic E-state index is 14.8. The maximum absolute atomic E-state index is 14.8. The minimum atomic E-state index is -2.45. The predicted molar refractivity (Wildman–Crippen MR) is 86.8 cm³/mol. The summed E-state index contributed by atoms with van der Waals surface area (Å²) in [6.45, 7) is 6.16. The van der Waals surface area contributed by atoms with E-state index in [0.29, 0.717) is 0 Å². The number of carboxylic acids is 1. The van der Waals surface area contributed by atoms with Crippen LogP contribution in [-0.4, -0.2) is 32.7 Å². The molecule has 0 aliphatic carbocycles. The Hall–Kier alpha value is -1.25. The number of alkyl halides is 2. The highest BCUT2D eigenvalue weighted by Gasteiger charge is 2.46. The number of carbonyl (C=O) groups is 1. The number of nitrogens with one attached hydrogen (secondary N) is 1. The SMILES string of the molecule is CC(C)(C)[S@@+]([O-])N[C@](C)(c1ccccc1F)[C@@H](F)C[C@@H](F)C(=O)O. The van der Waals surface area contributed by atoms with Crippen molar-refractivity contribution in [2.24, 2.45) is 0 Å². The van der Waals surface area contributed by atoms with Crippen LogP contribution in [0.4, 0.5) is 13.2 Å². The van der Waals surface area contributed by atoms with E-state index in [1.165, 1.54) is 25.1 Å². The van der Waals surface area contributed by atoms with Crippen molar-refractivity contribution in [2.45, 2.75) is 56.7 Å². The van der Waals surface area contributed by atoms with Gasteiger partial charge in [-0.2, -0.15) is 0 Å². The molecule has 4 atom stereocenters. The minimum absolute atomic E-state index is 0.146. The second kappa shape index (κ2) is 7.76. The van der Waals surface area contributed by atoms with Gasteiger partial charge in [0.2, 0.25) is 0 Å². The van der Waals surface area contributed by atoms with E-state index in [1.54, 1.807) is 20.8 Å². The topological polar surface area (TPSA) is 72.4 Å². The van der Waals surface area contributed by atoms with E-state index in [4.69, 9.17) is 5.11 Å². The number of hydrogen-bond acceptors (Lipinski definition) is 3. The van der Waals surface area contributed by atoms with E-state index in [0.717, 1.165) is 6.07 Å². The zero-order chi connectivity index (χ0) is 18.7. The number of aliphatic carboxylic acids is 1. The van der Waals surface area contributed by atoms with Crippen molar-refractivity contribution in [3.8, 4) is 0 Å². The van der Waals surface area contributed by atoms with Crippen LogP contribution in [0.3, 0.4) is 0 Å². The van der Waals surface area contributed by atoms with Crippen LogP contribution >= 0.6 is 0 Å². The van der Waals surface area contributed by atoms with Gasteiger partial charge in [0.25, 0.3) is 0 Å². The number of carboxylic acid groups (broad SMARTS) is 1. The molecular formula is C16H22F3NO3S. The summed E-state index contributed by atoms with van der Waals surface area (Å²) in [5, 5.41) is 8.64. The lowest BCUT2D eigenvalue weighted by Crippen LogP contribution is -2.55. The third-order valence-electron chi connectivity index (χ3n) is 3.60. The van der Waals surface area contributed by atoms with Crippen LogP contribution in [0.2, 0.25) is 0 Å². The van der Waals surface area contributed by atoms with Crippen molar-refractivity contribution < 1.29 is 27.6 Å². The summed E-state index contributed by atoms with van der Waals surface area (Å²) in [4.78, 5) is 10.7. The Bertz CT molecular complexity index is 582. The summed E-state index contributed by atoms with van der Waals surface area (Å²) in [5.41, 5.74) is -2.00. The molecule has 0 saturated heterocycles. The molecule has 136 valence electrons. The van der Waals surface area contributed by atoms with Crippen molar-refractivity contribution in [1.82, 2.24) is 4.72 Å². The van der Waals surface area contributed by atoms with Gasteiger partial charge in [0.05, 0.1) is 0 Å². The molecule has 1 aromatic carbocycles. The molecule has 0 unspecified atom stereocenters. The Morgan fingerprint density at radius 3 is 2.29 bits per heavy atom. The van der Waals surface area contributed by atoms with Gasteiger partial charge in [0, 0.05) is 23.3 Å². The molecule has 0 amide bonds. The first-order valence-corrected chi connectivity index (χ1v) is 8.50. The van der Waals surface area contributed by atoms with Gasteiger partial charge in [-0.05, 0) is 33.8 Å². The molecular weight excluding hydrogens is 343 g/mol. The van der Waals surface area contributed by atoms with Crippen LogP contribution in [0.15, 0.2) is 24.3 Å². The lowest BCUT2D eigenvalue weighted by molar-refractivity contribution is -0.143. The van der Waals surface area contributed by atoms with E-state index >= 15 is 0 Å². The molecule has 4 nitrogen and oxygen atoms in total. The number of halogens is 3. The fourth-order valence-electron chi connectivity index (χ4n) is 2.03. The van der Waals surface area contributed by atoms with Crippen molar-refractivity contribution in [3.63, 3.8) is 0 Å². The van der Waals surface area contributed by atoms with Gasteiger partial charge in [-0.25, -0.2) is 18.0 Å². The van der Waals surface area contributed by atoms with Gasteiger partial charge in [0.15, 0.2) is 6.17 Å². The zero-order valence-electron chi connectivity index (χ0n) is 14.0. The van der Waals surface area contributed by atoms with Gasteiger partial charge in [-0.3, -0.25) is 0 Å². The van der Waals surface area contributed by atoms with Crippen LogP contribution in [0, 0.1) is 5.82 Å². The van der Waals surface area contributed by atoms with Gasteiger partial charge in [-0.1, -0.05) is 18.2 Å². The smallest absolute Gasteiger partial charge is 0.338 e. The third kappa shape index (κ3) is 4.87. The van der Waals surface area contributed by atoms with E-state index < -0.39 is 52.2 Å². The van der Waals surface area contributed by atoms with E-state index in [9.17, 15) is 22.5 Å². The van der Waals surface area contributed by atoms with E-state index in [2.05, 4.69) is 4.72 Å². The molecule has 0 bridgehead atoms. The van der Waals surface area contributed by atoms with Crippen LogP contribution < -0.4 is 4.72 Å². The molecule has 1 aromatic rings. The summed E-state index contributed by atoms with van der Waals surface area (Å²) in [6.07, 6.45) is -5.56. The molecule has 0 aromatic heterocycles. The van der Waals surface area contributed by atoms with Crippen molar-refractivity contribution in [2.75, 3.05) is 0 Å².